The van der Waals surface area contributed by atoms with E-state index in [4.69, 9.17) is 5.73 Å². The maximum absolute atomic E-state index is 12.5. The molecule has 2 atom stereocenters. The molecule has 0 spiro atoms. The summed E-state index contributed by atoms with van der Waals surface area (Å²) in [6.07, 6.45) is 4.88. The molecule has 2 heterocycles. The first kappa shape index (κ1) is 19.5. The van der Waals surface area contributed by atoms with Gasteiger partial charge in [-0.1, -0.05) is 30.3 Å². The van der Waals surface area contributed by atoms with Crippen LogP contribution in [0.2, 0.25) is 0 Å². The van der Waals surface area contributed by atoms with Crippen LogP contribution in [0.4, 0.5) is 0 Å². The Morgan fingerprint density at radius 3 is 2.61 bits per heavy atom. The van der Waals surface area contributed by atoms with Crippen LogP contribution >= 0.6 is 24.8 Å². The lowest BCUT2D eigenvalue weighted by atomic mass is 10.0. The zero-order chi connectivity index (χ0) is 14.8. The molecule has 1 aromatic heterocycles. The predicted molar refractivity (Wildman–Crippen MR) is 95.0 cm³/mol. The van der Waals surface area contributed by atoms with E-state index in [9.17, 15) is 4.79 Å². The van der Waals surface area contributed by atoms with E-state index in [2.05, 4.69) is 5.10 Å². The molecule has 0 bridgehead atoms. The van der Waals surface area contributed by atoms with Gasteiger partial charge in [-0.25, -0.2) is 0 Å². The highest BCUT2D eigenvalue weighted by molar-refractivity contribution is 5.85. The quantitative estimate of drug-likeness (QED) is 0.917. The normalized spacial score (nSPS) is 18.0. The minimum absolute atomic E-state index is 0. The largest absolute Gasteiger partial charge is 0.340 e. The Morgan fingerprint density at radius 1 is 1.30 bits per heavy atom. The molecule has 5 nitrogen and oxygen atoms in total. The molecule has 0 aliphatic carbocycles. The van der Waals surface area contributed by atoms with E-state index < -0.39 is 6.04 Å². The monoisotopic (exact) mass is 356 g/mol. The van der Waals surface area contributed by atoms with Crippen LogP contribution < -0.4 is 5.73 Å². The van der Waals surface area contributed by atoms with Crippen LogP contribution in [0.1, 0.15) is 29.5 Å². The number of benzene rings is 1. The van der Waals surface area contributed by atoms with E-state index in [0.717, 1.165) is 25.1 Å². The lowest BCUT2D eigenvalue weighted by Crippen LogP contribution is -2.36. The third-order valence-corrected chi connectivity index (χ3v) is 4.12. The second kappa shape index (κ2) is 8.34. The predicted octanol–water partition coefficient (Wildman–Crippen LogP) is 2.28. The highest BCUT2D eigenvalue weighted by Crippen LogP contribution is 2.28. The second-order valence-corrected chi connectivity index (χ2v) is 5.61. The maximum Gasteiger partial charge on any atom is 0.244 e. The first-order valence-electron chi connectivity index (χ1n) is 7.23. The molecular formula is C16H22Cl2N4O. The van der Waals surface area contributed by atoms with Crippen LogP contribution in [0.25, 0.3) is 0 Å². The smallest absolute Gasteiger partial charge is 0.244 e. The molecule has 1 aliphatic rings. The Hall–Kier alpha value is -1.56. The van der Waals surface area contributed by atoms with Crippen LogP contribution in [-0.4, -0.2) is 33.7 Å². The minimum atomic E-state index is -0.571. The van der Waals surface area contributed by atoms with Crippen molar-refractivity contribution in [1.82, 2.24) is 14.7 Å². The molecule has 1 aliphatic heterocycles. The van der Waals surface area contributed by atoms with Gasteiger partial charge in [0.05, 0.1) is 6.20 Å². The molecule has 1 amide bonds. The number of hydrogen-bond donors (Lipinski definition) is 1. The van der Waals surface area contributed by atoms with Crippen molar-refractivity contribution in [3.63, 3.8) is 0 Å². The number of carbonyl (C=O) groups is 1. The van der Waals surface area contributed by atoms with E-state index in [1.54, 1.807) is 4.68 Å². The van der Waals surface area contributed by atoms with E-state index in [1.807, 2.05) is 54.7 Å². The summed E-state index contributed by atoms with van der Waals surface area (Å²) in [6.45, 7) is 1.49. The van der Waals surface area contributed by atoms with Crippen LogP contribution in [0, 0.1) is 0 Å². The number of aryl methyl sites for hydroxylation is 1. The van der Waals surface area contributed by atoms with Gasteiger partial charge in [0, 0.05) is 32.3 Å². The number of nitrogens with zero attached hydrogens (tertiary/aromatic N) is 3. The van der Waals surface area contributed by atoms with Crippen LogP contribution in [0.5, 0.6) is 0 Å². The molecule has 7 heteroatoms. The molecule has 1 fully saturated rings. The summed E-state index contributed by atoms with van der Waals surface area (Å²) in [7, 11) is 1.91. The molecule has 1 saturated heterocycles. The summed E-state index contributed by atoms with van der Waals surface area (Å²) in [5.41, 5.74) is 8.16. The second-order valence-electron chi connectivity index (χ2n) is 5.61. The summed E-state index contributed by atoms with van der Waals surface area (Å²) in [4.78, 5) is 14.4. The highest BCUT2D eigenvalue weighted by atomic mass is 35.5. The fourth-order valence-electron chi connectivity index (χ4n) is 2.88. The third-order valence-electron chi connectivity index (χ3n) is 4.12. The summed E-state index contributed by atoms with van der Waals surface area (Å²) < 4.78 is 1.80. The Balaban J connectivity index is 0.00000132. The van der Waals surface area contributed by atoms with Gasteiger partial charge in [-0.3, -0.25) is 9.48 Å². The van der Waals surface area contributed by atoms with Gasteiger partial charge in [0.2, 0.25) is 5.91 Å². The molecule has 0 radical (unpaired) electrons. The SMILES string of the molecule is Cl.Cl.Cn1cc(C2CCN(C(=O)C(N)c3ccccc3)C2)cn1. The van der Waals surface area contributed by atoms with E-state index in [1.165, 1.54) is 5.56 Å². The summed E-state index contributed by atoms with van der Waals surface area (Å²) in [5, 5.41) is 4.20. The van der Waals surface area contributed by atoms with Crippen molar-refractivity contribution < 1.29 is 4.79 Å². The molecule has 2 N–H and O–H groups in total. The molecule has 1 aromatic carbocycles. The minimum Gasteiger partial charge on any atom is -0.340 e. The summed E-state index contributed by atoms with van der Waals surface area (Å²) in [5.74, 6) is 0.373. The van der Waals surface area contributed by atoms with Gasteiger partial charge in [-0.2, -0.15) is 5.10 Å². The van der Waals surface area contributed by atoms with Crippen molar-refractivity contribution in [2.24, 2.45) is 12.8 Å². The molecule has 23 heavy (non-hydrogen) atoms. The van der Waals surface area contributed by atoms with Crippen molar-refractivity contribution in [1.29, 1.82) is 0 Å². The summed E-state index contributed by atoms with van der Waals surface area (Å²) >= 11 is 0. The summed E-state index contributed by atoms with van der Waals surface area (Å²) in [6, 6.07) is 8.97. The van der Waals surface area contributed by atoms with Crippen LogP contribution in [-0.2, 0) is 11.8 Å². The lowest BCUT2D eigenvalue weighted by Gasteiger charge is -2.21. The average Bonchev–Trinajstić information content (AvgIpc) is 3.15. The molecule has 126 valence electrons. The Labute approximate surface area is 148 Å². The maximum atomic E-state index is 12.5. The average molecular weight is 357 g/mol. The molecular weight excluding hydrogens is 335 g/mol. The number of rotatable bonds is 3. The lowest BCUT2D eigenvalue weighted by molar-refractivity contribution is -0.131. The highest BCUT2D eigenvalue weighted by Gasteiger charge is 2.31. The Bertz CT molecular complexity index is 632. The van der Waals surface area contributed by atoms with Crippen LogP contribution in [0.15, 0.2) is 42.7 Å². The standard InChI is InChI=1S/C16H20N4O.2ClH/c1-19-10-14(9-18-19)13-7-8-20(11-13)16(21)15(17)12-5-3-2-4-6-12;;/h2-6,9-10,13,15H,7-8,11,17H2,1H3;2*1H. The first-order valence-corrected chi connectivity index (χ1v) is 7.23. The fourth-order valence-corrected chi connectivity index (χ4v) is 2.88. The Kier molecular flexibility index (Phi) is 7.06. The van der Waals surface area contributed by atoms with E-state index >= 15 is 0 Å². The van der Waals surface area contributed by atoms with E-state index in [0.29, 0.717) is 5.92 Å². The third kappa shape index (κ3) is 4.25. The number of amides is 1. The Morgan fingerprint density at radius 2 is 2.00 bits per heavy atom. The van der Waals surface area contributed by atoms with Gasteiger partial charge in [-0.15, -0.1) is 24.8 Å². The van der Waals surface area contributed by atoms with Crippen LogP contribution in [0.3, 0.4) is 0 Å². The number of halogens is 2. The van der Waals surface area contributed by atoms with E-state index in [-0.39, 0.29) is 30.7 Å². The zero-order valence-corrected chi connectivity index (χ0v) is 14.6. The van der Waals surface area contributed by atoms with Crippen molar-refractivity contribution in [2.75, 3.05) is 13.1 Å². The number of hydrogen-bond acceptors (Lipinski definition) is 3. The fraction of sp³-hybridized carbons (Fsp3) is 0.375. The molecule has 0 saturated carbocycles. The zero-order valence-electron chi connectivity index (χ0n) is 13.0. The van der Waals surface area contributed by atoms with Crippen molar-refractivity contribution in [3.8, 4) is 0 Å². The number of carbonyl (C=O) groups excluding carboxylic acids is 1. The van der Waals surface area contributed by atoms with Crippen molar-refractivity contribution in [3.05, 3.63) is 53.9 Å². The first-order chi connectivity index (χ1) is 10.1. The van der Waals surface area contributed by atoms with Gasteiger partial charge < -0.3 is 10.6 Å². The van der Waals surface area contributed by atoms with Gasteiger partial charge in [0.25, 0.3) is 0 Å². The number of aromatic nitrogens is 2. The molecule has 2 unspecified atom stereocenters. The van der Waals surface area contributed by atoms with Crippen molar-refractivity contribution >= 4 is 30.7 Å². The van der Waals surface area contributed by atoms with Gasteiger partial charge in [0.15, 0.2) is 0 Å². The molecule has 3 rings (SSSR count). The molecule has 2 aromatic rings. The van der Waals surface area contributed by atoms with Gasteiger partial charge in [-0.05, 0) is 17.5 Å². The number of likely N-dealkylation sites (tertiary alicyclic amines) is 1. The topological polar surface area (TPSA) is 64.2 Å². The number of nitrogens with two attached hydrogens (primary N) is 1. The van der Waals surface area contributed by atoms with Crippen molar-refractivity contribution in [2.45, 2.75) is 18.4 Å². The van der Waals surface area contributed by atoms with Gasteiger partial charge >= 0.3 is 0 Å². The van der Waals surface area contributed by atoms with Gasteiger partial charge in [0.1, 0.15) is 6.04 Å².